The summed E-state index contributed by atoms with van der Waals surface area (Å²) in [5, 5.41) is 13.6. The molecule has 0 aliphatic rings. The Bertz CT molecular complexity index is 878. The first kappa shape index (κ1) is 20.9. The van der Waals surface area contributed by atoms with Crippen molar-refractivity contribution in [1.29, 1.82) is 0 Å². The lowest BCUT2D eigenvalue weighted by Gasteiger charge is -2.25. The lowest BCUT2D eigenvalue weighted by atomic mass is 9.93. The largest absolute Gasteiger partial charge is 0.368 e. The summed E-state index contributed by atoms with van der Waals surface area (Å²) in [6.07, 6.45) is 0. The van der Waals surface area contributed by atoms with E-state index in [1.165, 1.54) is 24.3 Å². The van der Waals surface area contributed by atoms with Crippen LogP contribution in [0.25, 0.3) is 0 Å². The van der Waals surface area contributed by atoms with Crippen molar-refractivity contribution in [2.45, 2.75) is 25.9 Å². The number of hydrogen-bond acceptors (Lipinski definition) is 6. The maximum absolute atomic E-state index is 13.0. The van der Waals surface area contributed by atoms with Crippen molar-refractivity contribution in [3.8, 4) is 0 Å². The normalized spacial score (nSPS) is 13.0. The Kier molecular flexibility index (Phi) is 6.73. The van der Waals surface area contributed by atoms with Crippen LogP contribution in [0.1, 0.15) is 34.6 Å². The molecule has 2 rings (SSSR count). The van der Waals surface area contributed by atoms with Crippen LogP contribution in [0.5, 0.6) is 0 Å². The molecule has 0 spiro atoms. The highest BCUT2D eigenvalue weighted by Gasteiger charge is 2.33. The Morgan fingerprint density at radius 1 is 0.929 bits per heavy atom. The highest BCUT2D eigenvalue weighted by atomic mass is 16.6. The van der Waals surface area contributed by atoms with Crippen LogP contribution in [0.2, 0.25) is 0 Å². The first-order chi connectivity index (χ1) is 13.2. The zero-order valence-corrected chi connectivity index (χ0v) is 15.5. The quantitative estimate of drug-likeness (QED) is 0.295. The molecule has 2 aromatic carbocycles. The molecule has 0 heterocycles. The summed E-state index contributed by atoms with van der Waals surface area (Å²) in [4.78, 5) is 48.0. The molecule has 146 valence electrons. The van der Waals surface area contributed by atoms with Gasteiger partial charge < -0.3 is 5.73 Å². The van der Waals surface area contributed by atoms with E-state index in [1.807, 2.05) is 0 Å². The second-order valence-electron chi connectivity index (χ2n) is 6.62. The van der Waals surface area contributed by atoms with Gasteiger partial charge in [0, 0.05) is 23.3 Å². The van der Waals surface area contributed by atoms with Crippen LogP contribution in [-0.2, 0) is 4.79 Å². The monoisotopic (exact) mass is 383 g/mol. The molecule has 0 radical (unpaired) electrons. The van der Waals surface area contributed by atoms with E-state index in [0.717, 1.165) is 0 Å². The molecule has 0 bridgehead atoms. The summed E-state index contributed by atoms with van der Waals surface area (Å²) in [5.74, 6) is -2.06. The number of hydrogen-bond donors (Lipinski definition) is 2. The molecule has 8 nitrogen and oxygen atoms in total. The number of nitrogens with two attached hydrogens (primary N) is 1. The molecular weight excluding hydrogens is 362 g/mol. The van der Waals surface area contributed by atoms with E-state index in [1.54, 1.807) is 44.2 Å². The lowest BCUT2D eigenvalue weighted by Crippen LogP contribution is -2.55. The van der Waals surface area contributed by atoms with E-state index in [4.69, 9.17) is 5.73 Å². The molecule has 1 amide bonds. The highest BCUT2D eigenvalue weighted by Crippen LogP contribution is 2.16. The molecular formula is C20H21N3O5. The fourth-order valence-electron chi connectivity index (χ4n) is 2.74. The van der Waals surface area contributed by atoms with Crippen LogP contribution in [0.3, 0.4) is 0 Å². The Morgan fingerprint density at radius 2 is 1.43 bits per heavy atom. The molecule has 28 heavy (non-hydrogen) atoms. The summed E-state index contributed by atoms with van der Waals surface area (Å²) >= 11 is 0. The topological polar surface area (TPSA) is 132 Å². The molecule has 8 heteroatoms. The average Bonchev–Trinajstić information content (AvgIpc) is 2.68. The van der Waals surface area contributed by atoms with Crippen molar-refractivity contribution in [2.75, 3.05) is 0 Å². The zero-order valence-electron chi connectivity index (χ0n) is 15.5. The number of rotatable bonds is 9. The van der Waals surface area contributed by atoms with Crippen LogP contribution in [0.4, 0.5) is 5.69 Å². The Balaban J connectivity index is 2.41. The van der Waals surface area contributed by atoms with Gasteiger partial charge >= 0.3 is 0 Å². The van der Waals surface area contributed by atoms with E-state index < -0.39 is 34.5 Å². The van der Waals surface area contributed by atoms with Gasteiger partial charge in [0.05, 0.1) is 11.0 Å². The summed E-state index contributed by atoms with van der Waals surface area (Å²) in [6.45, 7) is 3.48. The number of nitro benzene ring substituents is 1. The van der Waals surface area contributed by atoms with Gasteiger partial charge in [-0.1, -0.05) is 44.2 Å². The number of benzene rings is 2. The van der Waals surface area contributed by atoms with Crippen LogP contribution in [0, 0.1) is 16.0 Å². The number of non-ortho nitro benzene ring substituents is 1. The minimum Gasteiger partial charge on any atom is -0.368 e. The molecule has 0 aromatic heterocycles. The number of nitrogens with one attached hydrogen (secondary N) is 1. The third kappa shape index (κ3) is 4.86. The molecule has 2 aromatic rings. The number of Topliss-reactive ketones (excluding diaryl/α,β-unsaturated/α-hetero) is 2. The van der Waals surface area contributed by atoms with Gasteiger partial charge in [0.15, 0.2) is 11.6 Å². The first-order valence-corrected chi connectivity index (χ1v) is 8.65. The predicted molar refractivity (Wildman–Crippen MR) is 103 cm³/mol. The van der Waals surface area contributed by atoms with E-state index in [-0.39, 0.29) is 17.2 Å². The maximum atomic E-state index is 13.0. The number of nitrogens with zero attached hydrogens (tertiary/aromatic N) is 1. The minimum absolute atomic E-state index is 0.111. The fraction of sp³-hybridized carbons (Fsp3) is 0.250. The van der Waals surface area contributed by atoms with Gasteiger partial charge in [-0.2, -0.15) is 0 Å². The number of amides is 1. The van der Waals surface area contributed by atoms with Gasteiger partial charge in [-0.3, -0.25) is 29.8 Å². The first-order valence-electron chi connectivity index (χ1n) is 8.65. The highest BCUT2D eigenvalue weighted by molar-refractivity contribution is 6.19. The number of primary amides is 1. The Hall–Kier alpha value is -3.39. The van der Waals surface area contributed by atoms with Crippen molar-refractivity contribution < 1.29 is 19.3 Å². The van der Waals surface area contributed by atoms with Gasteiger partial charge in [0.2, 0.25) is 5.91 Å². The second-order valence-corrected chi connectivity index (χ2v) is 6.62. The molecule has 2 atom stereocenters. The SMILES string of the molecule is CC(C)C(NC(C(=O)c1ccccc1)C(=O)c1ccc([N+](=O)[O-])cc1)C(N)=O. The third-order valence-corrected chi connectivity index (χ3v) is 4.26. The van der Waals surface area contributed by atoms with Gasteiger partial charge in [0.25, 0.3) is 5.69 Å². The Labute approximate surface area is 161 Å². The standard InChI is InChI=1S/C20H21N3O5/c1-12(2)16(20(21)26)22-17(18(24)13-6-4-3-5-7-13)19(25)14-8-10-15(11-9-14)23(27)28/h3-12,16-17,22H,1-2H3,(H2,21,26). The zero-order chi connectivity index (χ0) is 20.8. The van der Waals surface area contributed by atoms with Crippen molar-refractivity contribution in [3.05, 3.63) is 75.8 Å². The van der Waals surface area contributed by atoms with Crippen molar-refractivity contribution in [1.82, 2.24) is 5.32 Å². The van der Waals surface area contributed by atoms with Crippen LogP contribution < -0.4 is 11.1 Å². The fourth-order valence-corrected chi connectivity index (χ4v) is 2.74. The predicted octanol–water partition coefficient (Wildman–Crippen LogP) is 2.13. The smallest absolute Gasteiger partial charge is 0.269 e. The third-order valence-electron chi connectivity index (χ3n) is 4.26. The van der Waals surface area contributed by atoms with Crippen LogP contribution in [-0.4, -0.2) is 34.5 Å². The van der Waals surface area contributed by atoms with Gasteiger partial charge in [0.1, 0.15) is 6.04 Å². The molecule has 0 aliphatic heterocycles. The molecule has 0 saturated heterocycles. The van der Waals surface area contributed by atoms with Crippen LogP contribution in [0.15, 0.2) is 54.6 Å². The number of ketones is 2. The molecule has 0 fully saturated rings. The average molecular weight is 383 g/mol. The van der Waals surface area contributed by atoms with E-state index >= 15 is 0 Å². The van der Waals surface area contributed by atoms with Crippen LogP contribution >= 0.6 is 0 Å². The number of nitro groups is 1. The number of carbonyl (C=O) groups excluding carboxylic acids is 3. The van der Waals surface area contributed by atoms with Gasteiger partial charge in [-0.25, -0.2) is 0 Å². The van der Waals surface area contributed by atoms with Crippen molar-refractivity contribution in [3.63, 3.8) is 0 Å². The van der Waals surface area contributed by atoms with Crippen molar-refractivity contribution in [2.24, 2.45) is 11.7 Å². The Morgan fingerprint density at radius 3 is 1.86 bits per heavy atom. The lowest BCUT2D eigenvalue weighted by molar-refractivity contribution is -0.384. The van der Waals surface area contributed by atoms with Crippen molar-refractivity contribution >= 4 is 23.2 Å². The molecule has 0 saturated carbocycles. The summed E-state index contributed by atoms with van der Waals surface area (Å²) in [7, 11) is 0. The number of carbonyl (C=O) groups is 3. The van der Waals surface area contributed by atoms with Gasteiger partial charge in [-0.15, -0.1) is 0 Å². The molecule has 2 unspecified atom stereocenters. The molecule has 0 aliphatic carbocycles. The second kappa shape index (κ2) is 9.01. The summed E-state index contributed by atoms with van der Waals surface area (Å²) < 4.78 is 0. The summed E-state index contributed by atoms with van der Waals surface area (Å²) in [6, 6.07) is 10.9. The minimum atomic E-state index is -1.36. The van der Waals surface area contributed by atoms with E-state index in [2.05, 4.69) is 5.32 Å². The van der Waals surface area contributed by atoms with E-state index in [9.17, 15) is 24.5 Å². The summed E-state index contributed by atoms with van der Waals surface area (Å²) in [5.41, 5.74) is 5.65. The van der Waals surface area contributed by atoms with E-state index in [0.29, 0.717) is 5.56 Å². The maximum Gasteiger partial charge on any atom is 0.269 e. The molecule has 3 N–H and O–H groups in total. The van der Waals surface area contributed by atoms with Gasteiger partial charge in [-0.05, 0) is 18.1 Å².